The average molecular weight is 195 g/mol. The predicted octanol–water partition coefficient (Wildman–Crippen LogP) is 1.16. The molecule has 76 valence electrons. The molecule has 3 nitrogen and oxygen atoms in total. The van der Waals surface area contributed by atoms with E-state index < -0.39 is 0 Å². The minimum Gasteiger partial charge on any atom is -0.316 e. The van der Waals surface area contributed by atoms with Crippen LogP contribution in [-0.2, 0) is 6.42 Å². The van der Waals surface area contributed by atoms with Crippen LogP contribution in [0.3, 0.4) is 0 Å². The van der Waals surface area contributed by atoms with Gasteiger partial charge in [0.15, 0.2) is 5.82 Å². The first kappa shape index (κ1) is 9.52. The van der Waals surface area contributed by atoms with Crippen molar-refractivity contribution in [3.8, 4) is 0 Å². The third-order valence-electron chi connectivity index (χ3n) is 2.61. The van der Waals surface area contributed by atoms with Gasteiger partial charge in [-0.05, 0) is 31.8 Å². The largest absolute Gasteiger partial charge is 0.316 e. The lowest BCUT2D eigenvalue weighted by molar-refractivity contribution is 0.521. The number of rotatable bonds is 3. The first-order valence-electron chi connectivity index (χ1n) is 5.02. The maximum Gasteiger partial charge on any atom is 0.159 e. The summed E-state index contributed by atoms with van der Waals surface area (Å²) in [6.45, 7) is 2.22. The molecule has 1 atom stereocenters. The van der Waals surface area contributed by atoms with Crippen LogP contribution in [0.4, 0.5) is 4.39 Å². The van der Waals surface area contributed by atoms with E-state index in [-0.39, 0.29) is 5.82 Å². The molecule has 1 fully saturated rings. The highest BCUT2D eigenvalue weighted by molar-refractivity contribution is 4.92. The molecular formula is C10H14FN3. The SMILES string of the molecule is Fc1cnc(CC[C@H]2CCNC2)nc1. The first-order valence-corrected chi connectivity index (χ1v) is 5.02. The summed E-state index contributed by atoms with van der Waals surface area (Å²) in [6.07, 6.45) is 5.65. The van der Waals surface area contributed by atoms with Gasteiger partial charge in [-0.1, -0.05) is 0 Å². The molecule has 0 aliphatic carbocycles. The standard InChI is InChI=1S/C10H14FN3/c11-9-6-13-10(14-7-9)2-1-8-3-4-12-5-8/h6-8,12H,1-5H2/t8-/m0/s1. The fraction of sp³-hybridized carbons (Fsp3) is 0.600. The van der Waals surface area contributed by atoms with Gasteiger partial charge in [0.1, 0.15) is 5.82 Å². The summed E-state index contributed by atoms with van der Waals surface area (Å²) in [4.78, 5) is 7.87. The number of hydrogen-bond acceptors (Lipinski definition) is 3. The zero-order valence-electron chi connectivity index (χ0n) is 8.04. The van der Waals surface area contributed by atoms with Crippen molar-refractivity contribution in [2.45, 2.75) is 19.3 Å². The fourth-order valence-corrected chi connectivity index (χ4v) is 1.76. The zero-order chi connectivity index (χ0) is 9.80. The van der Waals surface area contributed by atoms with Crippen molar-refractivity contribution in [3.63, 3.8) is 0 Å². The molecule has 0 unspecified atom stereocenters. The zero-order valence-corrected chi connectivity index (χ0v) is 8.04. The van der Waals surface area contributed by atoms with Crippen LogP contribution in [0.25, 0.3) is 0 Å². The van der Waals surface area contributed by atoms with Gasteiger partial charge in [0.2, 0.25) is 0 Å². The fourth-order valence-electron chi connectivity index (χ4n) is 1.76. The van der Waals surface area contributed by atoms with Crippen LogP contribution in [0.2, 0.25) is 0 Å². The molecule has 1 aromatic heterocycles. The van der Waals surface area contributed by atoms with Gasteiger partial charge in [-0.2, -0.15) is 0 Å². The van der Waals surface area contributed by atoms with Crippen molar-refractivity contribution in [1.29, 1.82) is 0 Å². The van der Waals surface area contributed by atoms with Crippen LogP contribution in [-0.4, -0.2) is 23.1 Å². The van der Waals surface area contributed by atoms with Crippen molar-refractivity contribution >= 4 is 0 Å². The van der Waals surface area contributed by atoms with Crippen LogP contribution in [0.15, 0.2) is 12.4 Å². The summed E-state index contributed by atoms with van der Waals surface area (Å²) in [5.41, 5.74) is 0. The summed E-state index contributed by atoms with van der Waals surface area (Å²) in [7, 11) is 0. The molecule has 0 aromatic carbocycles. The second-order valence-electron chi connectivity index (χ2n) is 3.72. The van der Waals surface area contributed by atoms with E-state index in [2.05, 4.69) is 15.3 Å². The molecule has 0 bridgehead atoms. The Morgan fingerprint density at radius 1 is 1.43 bits per heavy atom. The van der Waals surface area contributed by atoms with Gasteiger partial charge in [0.25, 0.3) is 0 Å². The van der Waals surface area contributed by atoms with Crippen LogP contribution in [0, 0.1) is 11.7 Å². The predicted molar refractivity (Wildman–Crippen MR) is 51.3 cm³/mol. The van der Waals surface area contributed by atoms with Gasteiger partial charge in [0.05, 0.1) is 12.4 Å². The molecule has 1 N–H and O–H groups in total. The Labute approximate surface area is 82.8 Å². The minimum absolute atomic E-state index is 0.365. The molecule has 2 rings (SSSR count). The van der Waals surface area contributed by atoms with Crippen molar-refractivity contribution in [3.05, 3.63) is 24.0 Å². The molecule has 0 amide bonds. The number of hydrogen-bond donors (Lipinski definition) is 1. The topological polar surface area (TPSA) is 37.8 Å². The molecule has 2 heterocycles. The van der Waals surface area contributed by atoms with Crippen molar-refractivity contribution in [2.75, 3.05) is 13.1 Å². The second-order valence-corrected chi connectivity index (χ2v) is 3.72. The number of halogens is 1. The van der Waals surface area contributed by atoms with Gasteiger partial charge in [-0.3, -0.25) is 0 Å². The highest BCUT2D eigenvalue weighted by Gasteiger charge is 2.14. The molecule has 1 aliphatic rings. The van der Waals surface area contributed by atoms with Gasteiger partial charge < -0.3 is 5.32 Å². The molecule has 4 heteroatoms. The number of nitrogens with zero attached hydrogens (tertiary/aromatic N) is 2. The van der Waals surface area contributed by atoms with Gasteiger partial charge in [0, 0.05) is 6.42 Å². The maximum atomic E-state index is 12.5. The summed E-state index contributed by atoms with van der Waals surface area (Å²) in [5.74, 6) is 1.12. The van der Waals surface area contributed by atoms with Crippen LogP contribution in [0.5, 0.6) is 0 Å². The summed E-state index contributed by atoms with van der Waals surface area (Å²) >= 11 is 0. The lowest BCUT2D eigenvalue weighted by Crippen LogP contribution is -2.10. The van der Waals surface area contributed by atoms with E-state index in [1.165, 1.54) is 18.8 Å². The Bertz CT molecular complexity index is 280. The maximum absolute atomic E-state index is 12.5. The van der Waals surface area contributed by atoms with Crippen molar-refractivity contribution < 1.29 is 4.39 Å². The van der Waals surface area contributed by atoms with Gasteiger partial charge >= 0.3 is 0 Å². The Balaban J connectivity index is 1.82. The highest BCUT2D eigenvalue weighted by Crippen LogP contribution is 2.13. The molecule has 1 aromatic rings. The average Bonchev–Trinajstić information content (AvgIpc) is 2.70. The second kappa shape index (κ2) is 4.46. The van der Waals surface area contributed by atoms with Crippen LogP contribution >= 0.6 is 0 Å². The monoisotopic (exact) mass is 195 g/mol. The van der Waals surface area contributed by atoms with Gasteiger partial charge in [-0.25, -0.2) is 14.4 Å². The smallest absolute Gasteiger partial charge is 0.159 e. The number of aromatic nitrogens is 2. The van der Waals surface area contributed by atoms with E-state index in [1.54, 1.807) is 0 Å². The quantitative estimate of drug-likeness (QED) is 0.786. The molecular weight excluding hydrogens is 181 g/mol. The summed E-state index contributed by atoms with van der Waals surface area (Å²) in [5, 5.41) is 3.32. The highest BCUT2D eigenvalue weighted by atomic mass is 19.1. The normalized spacial score (nSPS) is 21.4. The Morgan fingerprint density at radius 2 is 2.21 bits per heavy atom. The van der Waals surface area contributed by atoms with E-state index in [4.69, 9.17) is 0 Å². The molecule has 14 heavy (non-hydrogen) atoms. The van der Waals surface area contributed by atoms with E-state index in [1.807, 2.05) is 0 Å². The Hall–Kier alpha value is -1.03. The lowest BCUT2D eigenvalue weighted by atomic mass is 10.0. The third-order valence-corrected chi connectivity index (χ3v) is 2.61. The molecule has 0 radical (unpaired) electrons. The summed E-state index contributed by atoms with van der Waals surface area (Å²) < 4.78 is 12.5. The summed E-state index contributed by atoms with van der Waals surface area (Å²) in [6, 6.07) is 0. The number of nitrogens with one attached hydrogen (secondary N) is 1. The minimum atomic E-state index is -0.365. The molecule has 0 saturated carbocycles. The first-order chi connectivity index (χ1) is 6.84. The molecule has 1 saturated heterocycles. The van der Waals surface area contributed by atoms with Crippen LogP contribution < -0.4 is 5.32 Å². The lowest BCUT2D eigenvalue weighted by Gasteiger charge is -2.05. The third kappa shape index (κ3) is 2.48. The van der Waals surface area contributed by atoms with E-state index >= 15 is 0 Å². The van der Waals surface area contributed by atoms with Crippen LogP contribution in [0.1, 0.15) is 18.7 Å². The molecule has 0 spiro atoms. The van der Waals surface area contributed by atoms with E-state index in [9.17, 15) is 4.39 Å². The van der Waals surface area contributed by atoms with E-state index in [0.29, 0.717) is 0 Å². The van der Waals surface area contributed by atoms with Crippen molar-refractivity contribution in [2.24, 2.45) is 5.92 Å². The van der Waals surface area contributed by atoms with E-state index in [0.717, 1.165) is 37.7 Å². The Morgan fingerprint density at radius 3 is 2.86 bits per heavy atom. The Kier molecular flexibility index (Phi) is 3.03. The van der Waals surface area contributed by atoms with Gasteiger partial charge in [-0.15, -0.1) is 0 Å². The van der Waals surface area contributed by atoms with Crippen molar-refractivity contribution in [1.82, 2.24) is 15.3 Å². The number of aryl methyl sites for hydroxylation is 1. The molecule has 1 aliphatic heterocycles.